The zero-order valence-electron chi connectivity index (χ0n) is 13.5. The van der Waals surface area contributed by atoms with E-state index < -0.39 is 0 Å². The summed E-state index contributed by atoms with van der Waals surface area (Å²) in [5.74, 6) is -0.236. The van der Waals surface area contributed by atoms with Gasteiger partial charge in [-0.15, -0.1) is 0 Å². The van der Waals surface area contributed by atoms with Crippen LogP contribution >= 0.6 is 0 Å². The van der Waals surface area contributed by atoms with Crippen molar-refractivity contribution >= 4 is 16.5 Å². The SMILES string of the molecule is C=C(C)c1c[n+]([O-])c2cc(C)ccc2c1-c1ccc(F)c(C)c1. The van der Waals surface area contributed by atoms with Crippen LogP contribution in [0.15, 0.2) is 49.2 Å². The second-order valence-corrected chi connectivity index (χ2v) is 6.01. The standard InChI is InChI=1S/C20H18FNO/c1-12(2)17-11-22(23)19-9-13(3)5-7-16(19)20(17)15-6-8-18(21)14(4)10-15/h5-11H,1H2,2-4H3. The lowest BCUT2D eigenvalue weighted by atomic mass is 9.92. The van der Waals surface area contributed by atoms with Gasteiger partial charge in [-0.2, -0.15) is 4.73 Å². The summed E-state index contributed by atoms with van der Waals surface area (Å²) in [5, 5.41) is 13.2. The van der Waals surface area contributed by atoms with Gasteiger partial charge < -0.3 is 5.21 Å². The Morgan fingerprint density at radius 1 is 1.13 bits per heavy atom. The van der Waals surface area contributed by atoms with E-state index in [1.54, 1.807) is 19.2 Å². The van der Waals surface area contributed by atoms with Crippen molar-refractivity contribution in [1.82, 2.24) is 0 Å². The highest BCUT2D eigenvalue weighted by atomic mass is 19.1. The third-order valence-electron chi connectivity index (χ3n) is 4.08. The van der Waals surface area contributed by atoms with Crippen LogP contribution < -0.4 is 4.73 Å². The number of fused-ring (bicyclic) bond motifs is 1. The van der Waals surface area contributed by atoms with E-state index in [1.165, 1.54) is 6.07 Å². The van der Waals surface area contributed by atoms with E-state index in [2.05, 4.69) is 6.58 Å². The zero-order chi connectivity index (χ0) is 16.7. The maximum absolute atomic E-state index is 13.6. The molecule has 0 N–H and O–H groups in total. The first-order valence-corrected chi connectivity index (χ1v) is 7.47. The minimum Gasteiger partial charge on any atom is -0.618 e. The summed E-state index contributed by atoms with van der Waals surface area (Å²) < 4.78 is 14.5. The van der Waals surface area contributed by atoms with Crippen LogP contribution in [0.5, 0.6) is 0 Å². The molecule has 2 nitrogen and oxygen atoms in total. The molecule has 0 unspecified atom stereocenters. The Balaban J connectivity index is 2.45. The van der Waals surface area contributed by atoms with E-state index in [0.717, 1.165) is 37.9 Å². The molecule has 3 aromatic rings. The molecular formula is C20H18FNO. The number of halogens is 1. The summed E-state index contributed by atoms with van der Waals surface area (Å²) in [6, 6.07) is 10.8. The van der Waals surface area contributed by atoms with E-state index in [9.17, 15) is 9.60 Å². The molecule has 0 aliphatic heterocycles. The lowest BCUT2D eigenvalue weighted by molar-refractivity contribution is -0.577. The first-order chi connectivity index (χ1) is 10.9. The zero-order valence-corrected chi connectivity index (χ0v) is 13.5. The average molecular weight is 307 g/mol. The molecule has 0 atom stereocenters. The van der Waals surface area contributed by atoms with Crippen molar-refractivity contribution in [2.75, 3.05) is 0 Å². The van der Waals surface area contributed by atoms with Gasteiger partial charge in [0.25, 0.3) is 0 Å². The molecule has 3 rings (SSSR count). The number of hydrogen-bond donors (Lipinski definition) is 0. The van der Waals surface area contributed by atoms with E-state index in [-0.39, 0.29) is 5.82 Å². The van der Waals surface area contributed by atoms with Crippen LogP contribution in [0.1, 0.15) is 23.6 Å². The first-order valence-electron chi connectivity index (χ1n) is 7.47. The lowest BCUT2D eigenvalue weighted by Crippen LogP contribution is -2.27. The Labute approximate surface area is 135 Å². The van der Waals surface area contributed by atoms with Crippen molar-refractivity contribution in [2.24, 2.45) is 0 Å². The molecule has 0 radical (unpaired) electrons. The fourth-order valence-electron chi connectivity index (χ4n) is 2.87. The molecule has 1 heterocycles. The molecule has 0 aliphatic carbocycles. The van der Waals surface area contributed by atoms with Gasteiger partial charge in [-0.1, -0.05) is 18.7 Å². The molecule has 0 aliphatic rings. The molecule has 0 fully saturated rings. The maximum Gasteiger partial charge on any atom is 0.224 e. The van der Waals surface area contributed by atoms with Crippen LogP contribution in [0.25, 0.3) is 27.6 Å². The molecule has 0 saturated carbocycles. The predicted octanol–water partition coefficient (Wildman–Crippen LogP) is 4.93. The minimum absolute atomic E-state index is 0.236. The molecule has 0 bridgehead atoms. The van der Waals surface area contributed by atoms with Crippen molar-refractivity contribution in [1.29, 1.82) is 0 Å². The molecule has 1 aromatic heterocycles. The molecule has 116 valence electrons. The van der Waals surface area contributed by atoms with Gasteiger partial charge in [-0.3, -0.25) is 0 Å². The van der Waals surface area contributed by atoms with Gasteiger partial charge >= 0.3 is 0 Å². The van der Waals surface area contributed by atoms with Crippen LogP contribution in [-0.2, 0) is 0 Å². The highest BCUT2D eigenvalue weighted by Crippen LogP contribution is 2.34. The van der Waals surface area contributed by atoms with Gasteiger partial charge in [0.1, 0.15) is 5.82 Å². The predicted molar refractivity (Wildman–Crippen MR) is 92.5 cm³/mol. The fraction of sp³-hybridized carbons (Fsp3) is 0.150. The van der Waals surface area contributed by atoms with Gasteiger partial charge in [-0.05, 0) is 61.2 Å². The number of aryl methyl sites for hydroxylation is 2. The maximum atomic E-state index is 13.6. The van der Waals surface area contributed by atoms with Gasteiger partial charge in [0.15, 0.2) is 6.20 Å². The molecule has 3 heteroatoms. The topological polar surface area (TPSA) is 26.9 Å². The smallest absolute Gasteiger partial charge is 0.224 e. The van der Waals surface area contributed by atoms with Crippen molar-refractivity contribution < 1.29 is 9.12 Å². The molecule has 0 amide bonds. The number of hydrogen-bond acceptors (Lipinski definition) is 1. The summed E-state index contributed by atoms with van der Waals surface area (Å²) >= 11 is 0. The normalized spacial score (nSPS) is 11.0. The Hall–Kier alpha value is -2.68. The highest BCUT2D eigenvalue weighted by molar-refractivity contribution is 5.98. The van der Waals surface area contributed by atoms with Crippen LogP contribution in [0, 0.1) is 24.9 Å². The van der Waals surface area contributed by atoms with E-state index in [4.69, 9.17) is 0 Å². The Morgan fingerprint density at radius 2 is 1.87 bits per heavy atom. The molecule has 0 spiro atoms. The Bertz CT molecular complexity index is 944. The van der Waals surface area contributed by atoms with Crippen molar-refractivity contribution in [3.8, 4) is 11.1 Å². The largest absolute Gasteiger partial charge is 0.618 e. The lowest BCUT2D eigenvalue weighted by Gasteiger charge is -2.14. The summed E-state index contributed by atoms with van der Waals surface area (Å²) in [6.45, 7) is 9.55. The monoisotopic (exact) mass is 307 g/mol. The number of rotatable bonds is 2. The van der Waals surface area contributed by atoms with Crippen LogP contribution in [0.2, 0.25) is 0 Å². The van der Waals surface area contributed by atoms with Crippen LogP contribution in [0.3, 0.4) is 0 Å². The third kappa shape index (κ3) is 2.59. The average Bonchev–Trinajstić information content (AvgIpc) is 2.50. The summed E-state index contributed by atoms with van der Waals surface area (Å²) in [6.07, 6.45) is 1.55. The second-order valence-electron chi connectivity index (χ2n) is 6.01. The number of pyridine rings is 1. The Morgan fingerprint density at radius 3 is 2.52 bits per heavy atom. The quantitative estimate of drug-likeness (QED) is 0.487. The second kappa shape index (κ2) is 5.51. The van der Waals surface area contributed by atoms with Gasteiger partial charge in [0.05, 0.1) is 10.9 Å². The van der Waals surface area contributed by atoms with Gasteiger partial charge in [0.2, 0.25) is 5.52 Å². The van der Waals surface area contributed by atoms with Gasteiger partial charge in [0, 0.05) is 11.6 Å². The van der Waals surface area contributed by atoms with E-state index in [1.807, 2.05) is 38.1 Å². The number of nitrogens with zero attached hydrogens (tertiary/aromatic N) is 1. The summed E-state index contributed by atoms with van der Waals surface area (Å²) in [5.41, 5.74) is 5.59. The fourth-order valence-corrected chi connectivity index (χ4v) is 2.87. The molecule has 2 aromatic carbocycles. The van der Waals surface area contributed by atoms with Crippen LogP contribution in [-0.4, -0.2) is 0 Å². The number of benzene rings is 2. The Kier molecular flexibility index (Phi) is 3.64. The van der Waals surface area contributed by atoms with E-state index >= 15 is 0 Å². The summed E-state index contributed by atoms with van der Waals surface area (Å²) in [7, 11) is 0. The molecular weight excluding hydrogens is 289 g/mol. The van der Waals surface area contributed by atoms with Crippen LogP contribution in [0.4, 0.5) is 4.39 Å². The van der Waals surface area contributed by atoms with Crippen molar-refractivity contribution in [2.45, 2.75) is 20.8 Å². The first kappa shape index (κ1) is 15.2. The summed E-state index contributed by atoms with van der Waals surface area (Å²) in [4.78, 5) is 0. The van der Waals surface area contributed by atoms with Gasteiger partial charge in [-0.25, -0.2) is 4.39 Å². The third-order valence-corrected chi connectivity index (χ3v) is 4.08. The van der Waals surface area contributed by atoms with Crippen molar-refractivity contribution in [3.63, 3.8) is 0 Å². The number of allylic oxidation sites excluding steroid dienone is 1. The number of aromatic nitrogens is 1. The molecule has 0 saturated heterocycles. The van der Waals surface area contributed by atoms with E-state index in [0.29, 0.717) is 11.1 Å². The van der Waals surface area contributed by atoms with Crippen molar-refractivity contribution in [3.05, 3.63) is 76.9 Å². The minimum atomic E-state index is -0.236. The highest BCUT2D eigenvalue weighted by Gasteiger charge is 2.18. The molecule has 23 heavy (non-hydrogen) atoms.